The van der Waals surface area contributed by atoms with Crippen molar-refractivity contribution in [2.75, 3.05) is 18.0 Å². The predicted octanol–water partition coefficient (Wildman–Crippen LogP) is 4.49. The first kappa shape index (κ1) is 19.6. The first-order chi connectivity index (χ1) is 14.9. The molecule has 0 atom stereocenters. The summed E-state index contributed by atoms with van der Waals surface area (Å²) in [5.41, 5.74) is 1.40. The molecular weight excluding hydrogens is 407 g/mol. The highest BCUT2D eigenvalue weighted by Gasteiger charge is 2.30. The van der Waals surface area contributed by atoms with E-state index in [0.717, 1.165) is 41.9 Å². The van der Waals surface area contributed by atoms with E-state index in [1.165, 1.54) is 12.6 Å². The third-order valence-electron chi connectivity index (χ3n) is 5.75. The second-order valence-corrected chi connectivity index (χ2v) is 7.81. The van der Waals surface area contributed by atoms with Crippen molar-refractivity contribution in [3.05, 3.63) is 53.1 Å². The van der Waals surface area contributed by atoms with Crippen molar-refractivity contribution in [1.82, 2.24) is 19.7 Å². The van der Waals surface area contributed by atoms with E-state index in [9.17, 15) is 18.0 Å². The molecule has 4 aromatic rings. The van der Waals surface area contributed by atoms with Gasteiger partial charge in [-0.05, 0) is 49.1 Å². The summed E-state index contributed by atoms with van der Waals surface area (Å²) in [4.78, 5) is 19.6. The van der Waals surface area contributed by atoms with Crippen LogP contribution in [-0.2, 0) is 6.54 Å². The van der Waals surface area contributed by atoms with Gasteiger partial charge in [-0.15, -0.1) is 0 Å². The third kappa shape index (κ3) is 3.54. The molecule has 0 aliphatic carbocycles. The van der Waals surface area contributed by atoms with E-state index in [2.05, 4.69) is 20.1 Å². The van der Waals surface area contributed by atoms with Crippen molar-refractivity contribution in [2.24, 2.45) is 0 Å². The van der Waals surface area contributed by atoms with Crippen LogP contribution in [0.1, 0.15) is 19.3 Å². The molecule has 0 saturated carbocycles. The molecule has 0 radical (unpaired) electrons. The Morgan fingerprint density at radius 3 is 2.65 bits per heavy atom. The Kier molecular flexibility index (Phi) is 4.68. The van der Waals surface area contributed by atoms with Gasteiger partial charge in [0.05, 0.1) is 10.9 Å². The van der Waals surface area contributed by atoms with E-state index in [4.69, 9.17) is 0 Å². The fourth-order valence-electron chi connectivity index (χ4n) is 4.35. The fraction of sp³-hybridized carbons (Fsp3) is 0.318. The maximum Gasteiger partial charge on any atom is 0.406 e. The Balaban J connectivity index is 1.73. The van der Waals surface area contributed by atoms with Gasteiger partial charge in [-0.3, -0.25) is 14.5 Å². The lowest BCUT2D eigenvalue weighted by Crippen LogP contribution is -2.30. The highest BCUT2D eigenvalue weighted by Crippen LogP contribution is 2.34. The molecule has 6 nitrogen and oxygen atoms in total. The summed E-state index contributed by atoms with van der Waals surface area (Å²) in [6, 6.07) is 8.95. The minimum Gasteiger partial charge on any atom is -0.356 e. The van der Waals surface area contributed by atoms with Crippen LogP contribution in [0.4, 0.5) is 19.0 Å². The smallest absolute Gasteiger partial charge is 0.356 e. The number of H-pyrrole nitrogens is 1. The lowest BCUT2D eigenvalue weighted by atomic mass is 10.0. The molecular formula is C22H20F3N5O. The Morgan fingerprint density at radius 1 is 1.06 bits per heavy atom. The number of alkyl halides is 3. The molecule has 4 heterocycles. The highest BCUT2D eigenvalue weighted by atomic mass is 19.4. The van der Waals surface area contributed by atoms with Crippen molar-refractivity contribution in [3.8, 4) is 11.1 Å². The lowest BCUT2D eigenvalue weighted by molar-refractivity contribution is -0.140. The molecule has 1 fully saturated rings. The van der Waals surface area contributed by atoms with Crippen molar-refractivity contribution < 1.29 is 13.2 Å². The Labute approximate surface area is 175 Å². The summed E-state index contributed by atoms with van der Waals surface area (Å²) >= 11 is 0. The van der Waals surface area contributed by atoms with Gasteiger partial charge in [0.2, 0.25) is 0 Å². The SMILES string of the molecule is O=c1c2c[nH]nc2c2ccc(-c3cccnc3N3CCCCC3)cc2n1CC(F)(F)F. The zero-order valence-electron chi connectivity index (χ0n) is 16.6. The molecule has 1 N–H and O–H groups in total. The van der Waals surface area contributed by atoms with Crippen LogP contribution in [0.2, 0.25) is 0 Å². The third-order valence-corrected chi connectivity index (χ3v) is 5.75. The van der Waals surface area contributed by atoms with Gasteiger partial charge >= 0.3 is 6.18 Å². The van der Waals surface area contributed by atoms with Crippen LogP contribution in [0.25, 0.3) is 32.9 Å². The number of anilines is 1. The van der Waals surface area contributed by atoms with Gasteiger partial charge in [0.25, 0.3) is 5.56 Å². The molecule has 0 bridgehead atoms. The van der Waals surface area contributed by atoms with Crippen LogP contribution in [0, 0.1) is 0 Å². The number of fused-ring (bicyclic) bond motifs is 3. The predicted molar refractivity (Wildman–Crippen MR) is 113 cm³/mol. The lowest BCUT2D eigenvalue weighted by Gasteiger charge is -2.29. The number of halogens is 3. The minimum absolute atomic E-state index is 0.139. The van der Waals surface area contributed by atoms with E-state index in [1.807, 2.05) is 18.2 Å². The van der Waals surface area contributed by atoms with E-state index in [0.29, 0.717) is 16.5 Å². The summed E-state index contributed by atoms with van der Waals surface area (Å²) < 4.78 is 40.7. The number of nitrogens with zero attached hydrogens (tertiary/aromatic N) is 4. The van der Waals surface area contributed by atoms with Crippen molar-refractivity contribution in [2.45, 2.75) is 32.0 Å². The molecule has 9 heteroatoms. The molecule has 1 aromatic carbocycles. The highest BCUT2D eigenvalue weighted by molar-refractivity contribution is 6.04. The van der Waals surface area contributed by atoms with Gasteiger partial charge in [-0.25, -0.2) is 4.98 Å². The maximum absolute atomic E-state index is 13.3. The Bertz CT molecular complexity index is 1320. The van der Waals surface area contributed by atoms with Crippen LogP contribution in [0.3, 0.4) is 0 Å². The minimum atomic E-state index is -4.53. The molecule has 0 unspecified atom stereocenters. The van der Waals surface area contributed by atoms with Gasteiger partial charge in [-0.2, -0.15) is 18.3 Å². The monoisotopic (exact) mass is 427 g/mol. The summed E-state index contributed by atoms with van der Waals surface area (Å²) in [5, 5.41) is 7.33. The first-order valence-electron chi connectivity index (χ1n) is 10.2. The van der Waals surface area contributed by atoms with Crippen LogP contribution in [0.15, 0.2) is 47.5 Å². The van der Waals surface area contributed by atoms with Gasteiger partial charge in [-0.1, -0.05) is 6.07 Å². The van der Waals surface area contributed by atoms with Crippen molar-refractivity contribution >= 4 is 27.6 Å². The van der Waals surface area contributed by atoms with Gasteiger partial charge in [0, 0.05) is 36.4 Å². The molecule has 1 aliphatic rings. The summed E-state index contributed by atoms with van der Waals surface area (Å²) in [5.74, 6) is 0.812. The van der Waals surface area contributed by atoms with Crippen LogP contribution >= 0.6 is 0 Å². The normalized spacial score (nSPS) is 15.1. The summed E-state index contributed by atoms with van der Waals surface area (Å²) in [7, 11) is 0. The van der Waals surface area contributed by atoms with E-state index in [1.54, 1.807) is 18.3 Å². The largest absolute Gasteiger partial charge is 0.406 e. The molecule has 5 rings (SSSR count). The number of hydrogen-bond donors (Lipinski definition) is 1. The summed E-state index contributed by atoms with van der Waals surface area (Å²) in [6.07, 6.45) is 1.87. The fourth-order valence-corrected chi connectivity index (χ4v) is 4.35. The van der Waals surface area contributed by atoms with Crippen molar-refractivity contribution in [1.29, 1.82) is 0 Å². The second-order valence-electron chi connectivity index (χ2n) is 7.81. The van der Waals surface area contributed by atoms with E-state index < -0.39 is 18.3 Å². The van der Waals surface area contributed by atoms with Crippen LogP contribution < -0.4 is 10.5 Å². The number of nitrogens with one attached hydrogen (secondary N) is 1. The number of piperidine rings is 1. The molecule has 1 aliphatic heterocycles. The van der Waals surface area contributed by atoms with Gasteiger partial charge < -0.3 is 4.90 Å². The average Bonchev–Trinajstić information content (AvgIpc) is 3.26. The molecule has 0 spiro atoms. The van der Waals surface area contributed by atoms with E-state index >= 15 is 0 Å². The molecule has 3 aromatic heterocycles. The first-order valence-corrected chi connectivity index (χ1v) is 10.2. The zero-order valence-corrected chi connectivity index (χ0v) is 16.6. The van der Waals surface area contributed by atoms with Crippen molar-refractivity contribution in [3.63, 3.8) is 0 Å². The molecule has 0 amide bonds. The number of aromatic amines is 1. The Morgan fingerprint density at radius 2 is 1.87 bits per heavy atom. The van der Waals surface area contributed by atoms with Gasteiger partial charge in [0.1, 0.15) is 17.9 Å². The van der Waals surface area contributed by atoms with Crippen LogP contribution in [0.5, 0.6) is 0 Å². The molecule has 31 heavy (non-hydrogen) atoms. The summed E-state index contributed by atoms with van der Waals surface area (Å²) in [6.45, 7) is 0.424. The Hall–Kier alpha value is -3.36. The molecule has 1 saturated heterocycles. The van der Waals surface area contributed by atoms with Crippen LogP contribution in [-0.4, -0.2) is 39.0 Å². The average molecular weight is 427 g/mol. The topological polar surface area (TPSA) is 66.8 Å². The second kappa shape index (κ2) is 7.40. The van der Waals surface area contributed by atoms with E-state index in [-0.39, 0.29) is 10.9 Å². The number of pyridine rings is 2. The number of benzene rings is 1. The maximum atomic E-state index is 13.3. The zero-order chi connectivity index (χ0) is 21.6. The molecule has 160 valence electrons. The number of aromatic nitrogens is 4. The quantitative estimate of drug-likeness (QED) is 0.523. The number of hydrogen-bond acceptors (Lipinski definition) is 4. The standard InChI is InChI=1S/C22H20F3N5O/c23-22(24,25)13-30-18-11-14(6-7-16(18)19-17(21(30)31)12-27-28-19)15-5-4-8-26-20(15)29-9-2-1-3-10-29/h4-8,11-12H,1-3,9-10,13H2,(H,27,28). The van der Waals surface area contributed by atoms with Gasteiger partial charge in [0.15, 0.2) is 0 Å². The number of rotatable bonds is 3.